The monoisotopic (exact) mass is 345 g/mol. The fourth-order valence-electron chi connectivity index (χ4n) is 2.34. The second-order valence-electron chi connectivity index (χ2n) is 5.85. The molecule has 0 saturated carbocycles. The second kappa shape index (κ2) is 10.6. The molecule has 23 heavy (non-hydrogen) atoms. The number of hydrogen-bond donors (Lipinski definition) is 1. The van der Waals surface area contributed by atoms with Crippen LogP contribution in [0.3, 0.4) is 0 Å². The van der Waals surface area contributed by atoms with E-state index in [0.717, 1.165) is 38.6 Å². The van der Waals surface area contributed by atoms with Crippen LogP contribution in [0.5, 0.6) is 5.75 Å². The first-order valence-corrected chi connectivity index (χ1v) is 10.4. The summed E-state index contributed by atoms with van der Waals surface area (Å²) in [6.07, 6.45) is 9.56. The summed E-state index contributed by atoms with van der Waals surface area (Å²) >= 11 is 0. The molecule has 134 valence electrons. The topological polar surface area (TPSA) is 87.2 Å². The van der Waals surface area contributed by atoms with Gasteiger partial charge in [0.25, 0.3) is 0 Å². The predicted octanol–water partition coefficient (Wildman–Crippen LogP) is 2.73. The average molecular weight is 346 g/mol. The number of aryl methyl sites for hydroxylation is 1. The Balaban J connectivity index is 2.64. The van der Waals surface area contributed by atoms with E-state index in [0.29, 0.717) is 18.6 Å². The van der Waals surface area contributed by atoms with E-state index in [1.807, 2.05) is 6.92 Å². The molecule has 1 rings (SSSR count). The Labute approximate surface area is 140 Å². The Morgan fingerprint density at radius 3 is 2.57 bits per heavy atom. The highest BCUT2D eigenvalue weighted by molar-refractivity contribution is 7.91. The summed E-state index contributed by atoms with van der Waals surface area (Å²) in [5.41, 5.74) is 4.68. The number of sulfone groups is 1. The summed E-state index contributed by atoms with van der Waals surface area (Å²) in [6.45, 7) is 5.30. The molecule has 0 fully saturated rings. The first-order valence-electron chi connectivity index (χ1n) is 8.64. The minimum atomic E-state index is -3.31. The van der Waals surface area contributed by atoms with Gasteiger partial charge in [-0.2, -0.15) is 5.10 Å². The van der Waals surface area contributed by atoms with E-state index in [1.165, 1.54) is 0 Å². The number of rotatable bonds is 13. The minimum Gasteiger partial charge on any atom is -0.471 e. The van der Waals surface area contributed by atoms with Gasteiger partial charge in [0.05, 0.1) is 18.1 Å². The molecule has 2 N–H and O–H groups in total. The van der Waals surface area contributed by atoms with Crippen molar-refractivity contribution in [2.75, 3.05) is 12.3 Å². The lowest BCUT2D eigenvalue weighted by Crippen LogP contribution is -2.32. The van der Waals surface area contributed by atoms with Crippen molar-refractivity contribution in [2.24, 2.45) is 5.73 Å². The standard InChI is InChI=1S/C16H31N3O3S/c1-3-5-7-11-19-14-15(13-18-19)22-16(9-10-17)23(20,21)12-8-6-4-2/h13-14,16H,3-12,17H2,1-2H3. The minimum absolute atomic E-state index is 0.149. The lowest BCUT2D eigenvalue weighted by molar-refractivity contribution is 0.264. The Kier molecular flexibility index (Phi) is 9.24. The maximum Gasteiger partial charge on any atom is 0.200 e. The molecule has 0 bridgehead atoms. The van der Waals surface area contributed by atoms with Crippen molar-refractivity contribution >= 4 is 9.84 Å². The second-order valence-corrected chi connectivity index (χ2v) is 8.10. The largest absolute Gasteiger partial charge is 0.471 e. The maximum absolute atomic E-state index is 12.4. The third kappa shape index (κ3) is 7.35. The van der Waals surface area contributed by atoms with Crippen LogP contribution >= 0.6 is 0 Å². The summed E-state index contributed by atoms with van der Waals surface area (Å²) in [5, 5.41) is 4.22. The summed E-state index contributed by atoms with van der Waals surface area (Å²) in [6, 6.07) is 0. The maximum atomic E-state index is 12.4. The van der Waals surface area contributed by atoms with Crippen LogP contribution in [0.2, 0.25) is 0 Å². The molecule has 0 aliphatic carbocycles. The predicted molar refractivity (Wildman–Crippen MR) is 93.2 cm³/mol. The molecule has 1 aromatic heterocycles. The number of nitrogens with zero attached hydrogens (tertiary/aromatic N) is 2. The van der Waals surface area contributed by atoms with Gasteiger partial charge in [0.2, 0.25) is 0 Å². The molecule has 1 heterocycles. The van der Waals surface area contributed by atoms with Crippen LogP contribution in [-0.2, 0) is 16.4 Å². The fourth-order valence-corrected chi connectivity index (χ4v) is 3.96. The first-order chi connectivity index (χ1) is 11.0. The van der Waals surface area contributed by atoms with Gasteiger partial charge < -0.3 is 10.5 Å². The number of hydrogen-bond acceptors (Lipinski definition) is 5. The van der Waals surface area contributed by atoms with Crippen molar-refractivity contribution in [3.8, 4) is 5.75 Å². The third-order valence-corrected chi connectivity index (χ3v) is 5.69. The van der Waals surface area contributed by atoms with Crippen LogP contribution in [0.1, 0.15) is 58.8 Å². The van der Waals surface area contributed by atoms with Crippen LogP contribution in [-0.4, -0.2) is 35.9 Å². The van der Waals surface area contributed by atoms with Gasteiger partial charge in [-0.3, -0.25) is 4.68 Å². The van der Waals surface area contributed by atoms with E-state index in [9.17, 15) is 8.42 Å². The van der Waals surface area contributed by atoms with Gasteiger partial charge in [-0.1, -0.05) is 39.5 Å². The molecule has 0 aliphatic rings. The van der Waals surface area contributed by atoms with E-state index in [4.69, 9.17) is 10.5 Å². The quantitative estimate of drug-likeness (QED) is 0.555. The van der Waals surface area contributed by atoms with Gasteiger partial charge in [0.15, 0.2) is 21.0 Å². The van der Waals surface area contributed by atoms with Crippen LogP contribution in [0.4, 0.5) is 0 Å². The van der Waals surface area contributed by atoms with E-state index < -0.39 is 15.3 Å². The number of nitrogens with two attached hydrogens (primary N) is 1. The van der Waals surface area contributed by atoms with Crippen molar-refractivity contribution in [1.82, 2.24) is 9.78 Å². The zero-order valence-electron chi connectivity index (χ0n) is 14.4. The molecule has 1 aromatic rings. The summed E-state index contributed by atoms with van der Waals surface area (Å²) in [4.78, 5) is 0. The molecule has 0 spiro atoms. The van der Waals surface area contributed by atoms with Crippen LogP contribution in [0, 0.1) is 0 Å². The van der Waals surface area contributed by atoms with E-state index in [2.05, 4.69) is 12.0 Å². The van der Waals surface area contributed by atoms with Crippen LogP contribution < -0.4 is 10.5 Å². The van der Waals surface area contributed by atoms with Crippen molar-refractivity contribution in [3.05, 3.63) is 12.4 Å². The Morgan fingerprint density at radius 2 is 1.91 bits per heavy atom. The van der Waals surface area contributed by atoms with Crippen molar-refractivity contribution < 1.29 is 13.2 Å². The Bertz CT molecular complexity index is 528. The molecule has 0 aromatic carbocycles. The van der Waals surface area contributed by atoms with E-state index >= 15 is 0 Å². The molecule has 1 unspecified atom stereocenters. The zero-order chi connectivity index (χ0) is 17.1. The highest BCUT2D eigenvalue weighted by atomic mass is 32.2. The van der Waals surface area contributed by atoms with E-state index in [-0.39, 0.29) is 12.3 Å². The number of aromatic nitrogens is 2. The smallest absolute Gasteiger partial charge is 0.200 e. The molecule has 0 radical (unpaired) electrons. The van der Waals surface area contributed by atoms with Gasteiger partial charge in [0, 0.05) is 13.0 Å². The molecular weight excluding hydrogens is 314 g/mol. The SMILES string of the molecule is CCCCCn1cc(OC(CCN)S(=O)(=O)CCCCC)cn1. The molecule has 6 nitrogen and oxygen atoms in total. The summed E-state index contributed by atoms with van der Waals surface area (Å²) in [7, 11) is -3.31. The molecule has 1 atom stereocenters. The molecule has 0 aliphatic heterocycles. The lowest BCUT2D eigenvalue weighted by Gasteiger charge is -2.17. The Morgan fingerprint density at radius 1 is 1.22 bits per heavy atom. The fraction of sp³-hybridized carbons (Fsp3) is 0.812. The molecule has 7 heteroatoms. The molecule has 0 saturated heterocycles. The average Bonchev–Trinajstić information content (AvgIpc) is 2.95. The highest BCUT2D eigenvalue weighted by Gasteiger charge is 2.26. The van der Waals surface area contributed by atoms with Crippen molar-refractivity contribution in [2.45, 2.75) is 70.8 Å². The normalized spacial score (nSPS) is 13.2. The van der Waals surface area contributed by atoms with Crippen LogP contribution in [0.15, 0.2) is 12.4 Å². The third-order valence-electron chi connectivity index (χ3n) is 3.70. The lowest BCUT2D eigenvalue weighted by atomic mass is 10.2. The number of unbranched alkanes of at least 4 members (excludes halogenated alkanes) is 4. The Hall–Kier alpha value is -1.08. The molecule has 0 amide bonds. The van der Waals surface area contributed by atoms with E-state index in [1.54, 1.807) is 17.1 Å². The highest BCUT2D eigenvalue weighted by Crippen LogP contribution is 2.18. The van der Waals surface area contributed by atoms with Crippen molar-refractivity contribution in [1.29, 1.82) is 0 Å². The number of ether oxygens (including phenoxy) is 1. The van der Waals surface area contributed by atoms with Gasteiger partial charge in [-0.05, 0) is 19.4 Å². The summed E-state index contributed by atoms with van der Waals surface area (Å²) < 4.78 is 32.3. The van der Waals surface area contributed by atoms with Gasteiger partial charge in [0.1, 0.15) is 0 Å². The summed E-state index contributed by atoms with van der Waals surface area (Å²) in [5.74, 6) is 0.648. The zero-order valence-corrected chi connectivity index (χ0v) is 15.2. The van der Waals surface area contributed by atoms with Gasteiger partial charge in [-0.25, -0.2) is 8.42 Å². The van der Waals surface area contributed by atoms with Crippen molar-refractivity contribution in [3.63, 3.8) is 0 Å². The molecular formula is C16H31N3O3S. The van der Waals surface area contributed by atoms with Gasteiger partial charge in [-0.15, -0.1) is 0 Å². The van der Waals surface area contributed by atoms with Gasteiger partial charge >= 0.3 is 0 Å². The van der Waals surface area contributed by atoms with Crippen LogP contribution in [0.25, 0.3) is 0 Å². The first kappa shape index (κ1) is 20.0.